The number of aliphatic hydroxyl groups excluding tert-OH is 8. The Morgan fingerprint density at radius 2 is 1.37 bits per heavy atom. The van der Waals surface area contributed by atoms with E-state index >= 15 is 4.79 Å². The zero-order chi connectivity index (χ0) is 51.3. The first-order chi connectivity index (χ1) is 34.7. The lowest BCUT2D eigenvalue weighted by Crippen LogP contribution is -2.82. The number of carbonyl (C=O) groups is 3. The van der Waals surface area contributed by atoms with Crippen LogP contribution in [0.25, 0.3) is 0 Å². The van der Waals surface area contributed by atoms with E-state index in [1.807, 2.05) is 20.8 Å². The van der Waals surface area contributed by atoms with Crippen molar-refractivity contribution >= 4 is 17.9 Å². The van der Waals surface area contributed by atoms with Crippen LogP contribution in [0.3, 0.4) is 0 Å². The number of cyclic esters (lactones) is 1. The Hall–Kier alpha value is -3.39. The molecule has 14 aliphatic rings. The average molecular weight is 1030 g/mol. The van der Waals surface area contributed by atoms with Crippen LogP contribution < -0.4 is 0 Å². The Morgan fingerprint density at radius 3 is 2.03 bits per heavy atom. The summed E-state index contributed by atoms with van der Waals surface area (Å²) in [4.78, 5) is 43.8. The van der Waals surface area contributed by atoms with Crippen LogP contribution in [-0.2, 0) is 57.0 Å². The zero-order valence-corrected chi connectivity index (χ0v) is 40.9. The minimum atomic E-state index is -1.97. The van der Waals surface area contributed by atoms with Crippen LogP contribution in [0, 0.1) is 57.2 Å². The number of ether oxygens (including phenoxy) is 9. The van der Waals surface area contributed by atoms with E-state index < -0.39 is 180 Å². The van der Waals surface area contributed by atoms with Gasteiger partial charge in [-0.05, 0) is 79.1 Å². The molecule has 21 heteroatoms. The maximum atomic E-state index is 15.4. The van der Waals surface area contributed by atoms with E-state index in [2.05, 4.69) is 13.0 Å². The fourth-order valence-electron chi connectivity index (χ4n) is 17.9. The van der Waals surface area contributed by atoms with Crippen molar-refractivity contribution in [3.8, 4) is 0 Å². The number of furan rings is 1. The number of esters is 3. The minimum absolute atomic E-state index is 0.0179. The molecule has 1 aromatic rings. The zero-order valence-electron chi connectivity index (χ0n) is 40.9. The van der Waals surface area contributed by atoms with Crippen molar-refractivity contribution in [2.45, 2.75) is 175 Å². The molecule has 15 rings (SSSR count). The molecule has 4 aliphatic carbocycles. The second-order valence-corrected chi connectivity index (χ2v) is 24.3. The van der Waals surface area contributed by atoms with Crippen LogP contribution in [0.4, 0.5) is 0 Å². The first-order valence-electron chi connectivity index (χ1n) is 26.0. The predicted octanol–water partition coefficient (Wildman–Crippen LogP) is -0.381. The van der Waals surface area contributed by atoms with E-state index in [-0.39, 0.29) is 24.2 Å². The highest BCUT2D eigenvalue weighted by atomic mass is 16.7. The van der Waals surface area contributed by atoms with Gasteiger partial charge in [0.2, 0.25) is 0 Å². The average Bonchev–Trinajstić information content (AvgIpc) is 4.14. The second kappa shape index (κ2) is 16.3. The summed E-state index contributed by atoms with van der Waals surface area (Å²) in [5, 5.41) is 86.3. The quantitative estimate of drug-likeness (QED) is 0.0935. The molecule has 10 aliphatic heterocycles. The van der Waals surface area contributed by atoms with Gasteiger partial charge in [0.25, 0.3) is 0 Å². The van der Waals surface area contributed by atoms with Gasteiger partial charge in [-0.15, -0.1) is 0 Å². The molecule has 1 aromatic heterocycles. The molecule has 73 heavy (non-hydrogen) atoms. The lowest BCUT2D eigenvalue weighted by Gasteiger charge is -2.72. The highest BCUT2D eigenvalue weighted by Gasteiger charge is 2.85. The standard InChI is InChI=1S/C52H66O21/c1-47-15-27(65-19-21(47)5-9-49(3)40(47)24-7-11-51(49,45(62)70-24)72-43-36(59)34(57)32(55)28(16-53)68-43)22-13-25-30-31(38(22)66-25)52(73-44-37(60)35(58)33(56)29(17-54)69-44)46(63)71-39(30)41-48(2)14-26(20-8-12-64-18-20)67-42(61)23(48)6-10-50(41,52)4/h7-8,11-13,18,21,23-41,43-44,53-60H,5-6,9-10,14-17,19H2,1-4H3/t21-,23-,24+,25+,26-,27-,28+,29+,30+,31+,32+,33+,34-,35-,36+,37+,38-,39+,40-,41-,43-,44-,47+,48+,49+,50+,51-,52-/m0/s1. The van der Waals surface area contributed by atoms with E-state index in [9.17, 15) is 50.4 Å². The van der Waals surface area contributed by atoms with Gasteiger partial charge in [0.05, 0.1) is 56.6 Å². The SMILES string of the molecule is C[C@@]12C[C@@H](C3=C[C@H]4O[C@@H]3[C@H]3[C@@H]4[C@H]4OC(=O)[C@]3(O[C@@H]3O[C@H](CO)[C@@H](O)[C@H](O)[C@H]3O)[C@]3(C)CC[C@H]5C(=O)O[C@H](c6ccoc6)C[C@@]5(C)[C@H]43)OC[C@@H]1CC[C@]1(C)[C@H]2[C@H]2C=C[C@]1(O[C@@H]1O[C@H](CO)[C@@H](O)[C@H](O)[C@H]1O)C(=O)O2. The Balaban J connectivity index is 0.869. The maximum Gasteiger partial charge on any atom is 0.343 e. The fourth-order valence-corrected chi connectivity index (χ4v) is 17.9. The fraction of sp³-hybridized carbons (Fsp3) is 0.788. The Kier molecular flexibility index (Phi) is 11.0. The Bertz CT molecular complexity index is 2480. The molecule has 0 radical (unpaired) electrons. The van der Waals surface area contributed by atoms with Gasteiger partial charge in [0.15, 0.2) is 23.8 Å². The Labute approximate surface area is 419 Å². The van der Waals surface area contributed by atoms with Crippen LogP contribution in [-0.4, -0.2) is 182 Å². The lowest BCUT2D eigenvalue weighted by molar-refractivity contribution is -0.388. The molecule has 0 amide bonds. The van der Waals surface area contributed by atoms with E-state index in [4.69, 9.17) is 47.0 Å². The van der Waals surface area contributed by atoms with Crippen molar-refractivity contribution in [2.24, 2.45) is 57.2 Å². The molecular weight excluding hydrogens is 961 g/mol. The number of aliphatic hydroxyl groups is 8. The van der Waals surface area contributed by atoms with Gasteiger partial charge in [-0.3, -0.25) is 4.79 Å². The molecule has 0 spiro atoms. The third-order valence-electron chi connectivity index (χ3n) is 21.3. The van der Waals surface area contributed by atoms with Crippen molar-refractivity contribution in [3.05, 3.63) is 48.0 Å². The van der Waals surface area contributed by atoms with Gasteiger partial charge in [-0.25, -0.2) is 9.59 Å². The highest BCUT2D eigenvalue weighted by Crippen LogP contribution is 2.76. The number of rotatable bonds is 8. The molecular formula is C52H66O21. The predicted molar refractivity (Wildman–Crippen MR) is 239 cm³/mol. The van der Waals surface area contributed by atoms with Gasteiger partial charge in [0, 0.05) is 40.1 Å². The summed E-state index contributed by atoms with van der Waals surface area (Å²) in [6.45, 7) is 7.05. The molecule has 11 heterocycles. The van der Waals surface area contributed by atoms with Gasteiger partial charge >= 0.3 is 17.9 Å². The second-order valence-electron chi connectivity index (χ2n) is 24.3. The van der Waals surface area contributed by atoms with E-state index in [1.165, 1.54) is 6.26 Å². The molecule has 400 valence electrons. The van der Waals surface area contributed by atoms with Crippen molar-refractivity contribution in [1.29, 1.82) is 0 Å². The molecule has 0 aromatic carbocycles. The molecule has 8 N–H and O–H groups in total. The molecule has 6 bridgehead atoms. The van der Waals surface area contributed by atoms with Crippen LogP contribution in [0.15, 0.2) is 46.8 Å². The largest absolute Gasteiger partial charge is 0.472 e. The van der Waals surface area contributed by atoms with Crippen molar-refractivity contribution in [3.63, 3.8) is 0 Å². The smallest absolute Gasteiger partial charge is 0.343 e. The normalized spacial score (nSPS) is 57.2. The van der Waals surface area contributed by atoms with E-state index in [0.29, 0.717) is 44.3 Å². The summed E-state index contributed by atoms with van der Waals surface area (Å²) in [6.07, 6.45) is -9.57. The lowest BCUT2D eigenvalue weighted by atomic mass is 9.36. The molecule has 8 saturated heterocycles. The molecule has 0 unspecified atom stereocenters. The molecule has 21 nitrogen and oxygen atoms in total. The molecule has 11 fully saturated rings. The number of fused-ring (bicyclic) bond motifs is 6. The van der Waals surface area contributed by atoms with Gasteiger partial charge < -0.3 is 87.9 Å². The van der Waals surface area contributed by atoms with Crippen LogP contribution >= 0.6 is 0 Å². The van der Waals surface area contributed by atoms with Crippen molar-refractivity contribution in [1.82, 2.24) is 0 Å². The van der Waals surface area contributed by atoms with Crippen LogP contribution in [0.2, 0.25) is 0 Å². The summed E-state index contributed by atoms with van der Waals surface area (Å²) in [6, 6.07) is 1.76. The number of hydrogen-bond acceptors (Lipinski definition) is 21. The summed E-state index contributed by atoms with van der Waals surface area (Å²) in [5.74, 6) is -4.59. The maximum absolute atomic E-state index is 15.4. The van der Waals surface area contributed by atoms with E-state index in [0.717, 1.165) is 5.57 Å². The third-order valence-corrected chi connectivity index (χ3v) is 21.3. The van der Waals surface area contributed by atoms with Gasteiger partial charge in [-0.1, -0.05) is 33.8 Å². The number of hydrogen-bond donors (Lipinski definition) is 8. The summed E-state index contributed by atoms with van der Waals surface area (Å²) in [5.41, 5.74) is -5.86. The Morgan fingerprint density at radius 1 is 0.699 bits per heavy atom. The van der Waals surface area contributed by atoms with Crippen LogP contribution in [0.5, 0.6) is 0 Å². The number of carbonyl (C=O) groups excluding carboxylic acids is 3. The van der Waals surface area contributed by atoms with Gasteiger partial charge in [0.1, 0.15) is 67.1 Å². The summed E-state index contributed by atoms with van der Waals surface area (Å²) >= 11 is 0. The monoisotopic (exact) mass is 1030 g/mol. The topological polar surface area (TPSA) is 309 Å². The summed E-state index contributed by atoms with van der Waals surface area (Å²) in [7, 11) is 0. The van der Waals surface area contributed by atoms with Crippen molar-refractivity contribution < 1.29 is 102 Å². The first-order valence-corrected chi connectivity index (χ1v) is 26.0. The van der Waals surface area contributed by atoms with E-state index in [1.54, 1.807) is 24.5 Å². The van der Waals surface area contributed by atoms with Crippen LogP contribution in [0.1, 0.15) is 77.9 Å². The highest BCUT2D eigenvalue weighted by molar-refractivity contribution is 5.87. The first kappa shape index (κ1) is 49.2. The van der Waals surface area contributed by atoms with Gasteiger partial charge in [-0.2, -0.15) is 0 Å². The summed E-state index contributed by atoms with van der Waals surface area (Å²) < 4.78 is 63.8. The van der Waals surface area contributed by atoms with Crippen molar-refractivity contribution in [2.75, 3.05) is 19.8 Å². The third kappa shape index (κ3) is 6.14. The minimum Gasteiger partial charge on any atom is -0.472 e. The molecule has 3 saturated carbocycles. The molecule has 28 atom stereocenters.